The van der Waals surface area contributed by atoms with Crippen molar-refractivity contribution in [3.8, 4) is 11.1 Å². The van der Waals surface area contributed by atoms with Crippen LogP contribution in [0.3, 0.4) is 0 Å². The van der Waals surface area contributed by atoms with Crippen LogP contribution in [0, 0.1) is 11.8 Å². The van der Waals surface area contributed by atoms with Gasteiger partial charge in [-0.25, -0.2) is 24.5 Å². The molecule has 2 aromatic carbocycles. The number of alkyl carbamates (subject to hydrolysis) is 1. The fourth-order valence-corrected chi connectivity index (χ4v) is 5.95. The highest BCUT2D eigenvalue weighted by atomic mass is 16.6. The average molecular weight is 657 g/mol. The van der Waals surface area contributed by atoms with Gasteiger partial charge in [0.25, 0.3) is 5.91 Å². The molecule has 1 aliphatic rings. The highest BCUT2D eigenvalue weighted by Crippen LogP contribution is 2.32. The van der Waals surface area contributed by atoms with Crippen molar-refractivity contribution < 1.29 is 19.1 Å². The maximum absolute atomic E-state index is 14.1. The van der Waals surface area contributed by atoms with Crippen LogP contribution in [0.25, 0.3) is 22.2 Å². The largest absolute Gasteiger partial charge is 0.444 e. The standard InChI is InChI=1S/C35H44N8O5/c1-35(2,3)48-34(47)39-18-21-9-11-23(12-10-21)30(44)43(26-13-14-28-29(17-26)41-33(46)40-28)31(45)27(36)16-22-7-6-8-24(15-22)25-19-37-32(38-20-25)42(4)5/h6-8,13-15,17,19-21,23,27H,9-12,16,18,36H2,1-5H3,(H,39,47)(H2,40,41,46)/t21-,23-,27-/m0/s1. The summed E-state index contributed by atoms with van der Waals surface area (Å²) in [5.41, 5.74) is 9.48. The lowest BCUT2D eigenvalue weighted by atomic mass is 9.81. The Kier molecular flexibility index (Phi) is 10.3. The lowest BCUT2D eigenvalue weighted by Crippen LogP contribution is -2.50. The van der Waals surface area contributed by atoms with E-state index >= 15 is 0 Å². The molecule has 3 amide bonds. The molecule has 48 heavy (non-hydrogen) atoms. The first-order valence-corrected chi connectivity index (χ1v) is 16.2. The number of carbonyl (C=O) groups is 3. The Balaban J connectivity index is 1.32. The molecule has 1 aliphatic carbocycles. The number of nitrogens with two attached hydrogens (primary N) is 1. The smallest absolute Gasteiger partial charge is 0.407 e. The van der Waals surface area contributed by atoms with Crippen LogP contribution < -0.4 is 26.5 Å². The molecule has 1 fully saturated rings. The summed E-state index contributed by atoms with van der Waals surface area (Å²) in [5, 5.41) is 2.83. The number of imidazole rings is 1. The quantitative estimate of drug-likeness (QED) is 0.206. The Hall–Kier alpha value is -5.04. The lowest BCUT2D eigenvalue weighted by molar-refractivity contribution is -0.130. The van der Waals surface area contributed by atoms with Gasteiger partial charge in [0, 0.05) is 44.5 Å². The molecule has 5 rings (SSSR count). The minimum atomic E-state index is -1.02. The van der Waals surface area contributed by atoms with E-state index < -0.39 is 29.6 Å². The molecule has 2 aromatic heterocycles. The summed E-state index contributed by atoms with van der Waals surface area (Å²) in [4.78, 5) is 69.5. The van der Waals surface area contributed by atoms with Crippen LogP contribution in [-0.4, -0.2) is 70.1 Å². The number of aromatic amines is 2. The number of anilines is 2. The highest BCUT2D eigenvalue weighted by molar-refractivity contribution is 6.17. The van der Waals surface area contributed by atoms with Gasteiger partial charge in [-0.2, -0.15) is 0 Å². The maximum Gasteiger partial charge on any atom is 0.407 e. The zero-order chi connectivity index (χ0) is 34.6. The predicted molar refractivity (Wildman–Crippen MR) is 185 cm³/mol. The molecule has 2 heterocycles. The number of benzene rings is 2. The van der Waals surface area contributed by atoms with Gasteiger partial charge in [-0.1, -0.05) is 24.3 Å². The molecule has 0 saturated heterocycles. The Morgan fingerprint density at radius 2 is 1.67 bits per heavy atom. The van der Waals surface area contributed by atoms with Gasteiger partial charge in [0.1, 0.15) is 5.60 Å². The number of aromatic nitrogens is 4. The first kappa shape index (κ1) is 34.3. The van der Waals surface area contributed by atoms with E-state index in [0.717, 1.165) is 16.7 Å². The Bertz CT molecular complexity index is 1820. The second-order valence-corrected chi connectivity index (χ2v) is 13.6. The molecule has 4 aromatic rings. The van der Waals surface area contributed by atoms with E-state index in [2.05, 4.69) is 25.3 Å². The Labute approximate surface area is 279 Å². The Morgan fingerprint density at radius 1 is 0.979 bits per heavy atom. The van der Waals surface area contributed by atoms with Gasteiger partial charge in [-0.3, -0.25) is 9.59 Å². The maximum atomic E-state index is 14.1. The minimum absolute atomic E-state index is 0.186. The van der Waals surface area contributed by atoms with Crippen molar-refractivity contribution >= 4 is 40.6 Å². The molecular formula is C35H44N8O5. The molecule has 0 radical (unpaired) electrons. The number of amides is 3. The second kappa shape index (κ2) is 14.4. The van der Waals surface area contributed by atoms with Gasteiger partial charge < -0.3 is 30.7 Å². The summed E-state index contributed by atoms with van der Waals surface area (Å²) in [6, 6.07) is 11.6. The van der Waals surface area contributed by atoms with Gasteiger partial charge in [0.2, 0.25) is 11.9 Å². The van der Waals surface area contributed by atoms with Crippen LogP contribution in [0.1, 0.15) is 52.0 Å². The first-order valence-electron chi connectivity index (χ1n) is 16.2. The van der Waals surface area contributed by atoms with Gasteiger partial charge in [-0.15, -0.1) is 0 Å². The van der Waals surface area contributed by atoms with Crippen LogP contribution in [0.5, 0.6) is 0 Å². The predicted octanol–water partition coefficient (Wildman–Crippen LogP) is 4.14. The third kappa shape index (κ3) is 8.45. The van der Waals surface area contributed by atoms with Crippen LogP contribution in [0.2, 0.25) is 0 Å². The molecule has 13 heteroatoms. The third-order valence-electron chi connectivity index (χ3n) is 8.40. The summed E-state index contributed by atoms with van der Waals surface area (Å²) >= 11 is 0. The average Bonchev–Trinajstić information content (AvgIpc) is 3.42. The third-order valence-corrected chi connectivity index (χ3v) is 8.40. The number of H-pyrrole nitrogens is 2. The van der Waals surface area contributed by atoms with Gasteiger partial charge in [0.05, 0.1) is 22.8 Å². The van der Waals surface area contributed by atoms with Gasteiger partial charge in [0.15, 0.2) is 0 Å². The molecule has 1 atom stereocenters. The monoisotopic (exact) mass is 656 g/mol. The van der Waals surface area contributed by atoms with E-state index in [-0.39, 0.29) is 23.9 Å². The number of carbonyl (C=O) groups excluding carboxylic acids is 3. The second-order valence-electron chi connectivity index (χ2n) is 13.6. The van der Waals surface area contributed by atoms with Crippen molar-refractivity contribution in [2.24, 2.45) is 17.6 Å². The van der Waals surface area contributed by atoms with Crippen molar-refractivity contribution in [3.63, 3.8) is 0 Å². The summed E-state index contributed by atoms with van der Waals surface area (Å²) in [7, 11) is 3.74. The van der Waals surface area contributed by atoms with Crippen LogP contribution >= 0.6 is 0 Å². The van der Waals surface area contributed by atoms with E-state index in [0.29, 0.717) is 54.9 Å². The number of imide groups is 1. The van der Waals surface area contributed by atoms with Crippen molar-refractivity contribution in [3.05, 3.63) is 70.9 Å². The summed E-state index contributed by atoms with van der Waals surface area (Å²) < 4.78 is 5.34. The van der Waals surface area contributed by atoms with Gasteiger partial charge in [-0.05, 0) is 88.1 Å². The summed E-state index contributed by atoms with van der Waals surface area (Å²) in [5.74, 6) is -0.493. The molecule has 0 aliphatic heterocycles. The van der Waals surface area contributed by atoms with E-state index in [1.165, 1.54) is 4.90 Å². The number of rotatable bonds is 9. The molecule has 254 valence electrons. The Morgan fingerprint density at radius 3 is 2.33 bits per heavy atom. The highest BCUT2D eigenvalue weighted by Gasteiger charge is 2.35. The molecule has 0 spiro atoms. The lowest BCUT2D eigenvalue weighted by Gasteiger charge is -2.32. The molecule has 0 unspecified atom stereocenters. The number of nitrogens with zero attached hydrogens (tertiary/aromatic N) is 4. The van der Waals surface area contributed by atoms with E-state index in [9.17, 15) is 19.2 Å². The van der Waals surface area contributed by atoms with Crippen molar-refractivity contribution in [1.82, 2.24) is 25.3 Å². The van der Waals surface area contributed by atoms with E-state index in [1.54, 1.807) is 30.6 Å². The number of fused-ring (bicyclic) bond motifs is 1. The summed E-state index contributed by atoms with van der Waals surface area (Å²) in [6.07, 6.45) is 5.74. The van der Waals surface area contributed by atoms with Crippen LogP contribution in [0.4, 0.5) is 16.4 Å². The number of hydrogen-bond donors (Lipinski definition) is 4. The van der Waals surface area contributed by atoms with Crippen molar-refractivity contribution in [1.29, 1.82) is 0 Å². The molecule has 13 nitrogen and oxygen atoms in total. The molecule has 0 bridgehead atoms. The summed E-state index contributed by atoms with van der Waals surface area (Å²) in [6.45, 7) is 5.88. The zero-order valence-electron chi connectivity index (χ0n) is 28.1. The molecule has 1 saturated carbocycles. The topological polar surface area (TPSA) is 179 Å². The zero-order valence-corrected chi connectivity index (χ0v) is 28.1. The van der Waals surface area contributed by atoms with Crippen molar-refractivity contribution in [2.45, 2.75) is 64.5 Å². The minimum Gasteiger partial charge on any atom is -0.444 e. The fourth-order valence-electron chi connectivity index (χ4n) is 5.95. The SMILES string of the molecule is CN(C)c1ncc(-c2cccc(C[C@H](N)C(=O)N(c3ccc4[nH]c(=O)[nH]c4c3)C(=O)[C@H]3CC[C@H](CNC(=O)OC(C)(C)C)CC3)c2)cn1. The van der Waals surface area contributed by atoms with E-state index in [1.807, 2.05) is 64.0 Å². The number of ether oxygens (including phenoxy) is 1. The number of nitrogens with one attached hydrogen (secondary N) is 3. The normalized spacial score (nSPS) is 17.0. The first-order chi connectivity index (χ1) is 22.8. The van der Waals surface area contributed by atoms with E-state index in [4.69, 9.17) is 10.5 Å². The number of hydrogen-bond acceptors (Lipinski definition) is 9. The molecule has 5 N–H and O–H groups in total. The van der Waals surface area contributed by atoms with Crippen LogP contribution in [0.15, 0.2) is 59.7 Å². The van der Waals surface area contributed by atoms with Crippen LogP contribution in [-0.2, 0) is 20.7 Å². The van der Waals surface area contributed by atoms with Crippen molar-refractivity contribution in [2.75, 3.05) is 30.4 Å². The molecular weight excluding hydrogens is 612 g/mol. The van der Waals surface area contributed by atoms with Gasteiger partial charge >= 0.3 is 11.8 Å². The fraction of sp³-hybridized carbons (Fsp3) is 0.429.